The molecular formula is C17H15ClFN3O2. The summed E-state index contributed by atoms with van der Waals surface area (Å²) in [5.74, 6) is -2.79. The monoisotopic (exact) mass is 347 g/mol. The van der Waals surface area contributed by atoms with E-state index in [0.29, 0.717) is 5.56 Å². The van der Waals surface area contributed by atoms with Gasteiger partial charge >= 0.3 is 0 Å². The maximum Gasteiger partial charge on any atom is 0.259 e. The van der Waals surface area contributed by atoms with Gasteiger partial charge in [-0.25, -0.2) is 9.37 Å². The number of hydrogen-bond donors (Lipinski definition) is 1. The maximum atomic E-state index is 13.7. The summed E-state index contributed by atoms with van der Waals surface area (Å²) in [6.07, 6.45) is 1.67. The second-order valence-corrected chi connectivity index (χ2v) is 6.38. The molecule has 24 heavy (non-hydrogen) atoms. The van der Waals surface area contributed by atoms with Gasteiger partial charge in [0.25, 0.3) is 5.91 Å². The fourth-order valence-corrected chi connectivity index (χ4v) is 3.10. The highest BCUT2D eigenvalue weighted by molar-refractivity contribution is 6.29. The summed E-state index contributed by atoms with van der Waals surface area (Å²) < 4.78 is 13.7. The van der Waals surface area contributed by atoms with E-state index in [2.05, 4.69) is 15.3 Å². The minimum Gasteiger partial charge on any atom is -0.291 e. The van der Waals surface area contributed by atoms with Crippen LogP contribution in [0, 0.1) is 12.7 Å². The second kappa shape index (κ2) is 5.94. The van der Waals surface area contributed by atoms with Crippen molar-refractivity contribution >= 4 is 23.4 Å². The van der Waals surface area contributed by atoms with Gasteiger partial charge < -0.3 is 0 Å². The van der Waals surface area contributed by atoms with E-state index < -0.39 is 23.5 Å². The predicted molar refractivity (Wildman–Crippen MR) is 86.6 cm³/mol. The summed E-state index contributed by atoms with van der Waals surface area (Å²) in [5.41, 5.74) is 2.43. The van der Waals surface area contributed by atoms with Crippen molar-refractivity contribution in [3.63, 3.8) is 0 Å². The molecule has 3 rings (SSSR count). The number of carbonyl (C=O) groups is 2. The summed E-state index contributed by atoms with van der Waals surface area (Å²) in [5, 5.41) is 1.90. The lowest BCUT2D eigenvalue weighted by Gasteiger charge is -2.27. The molecule has 0 saturated heterocycles. The van der Waals surface area contributed by atoms with Gasteiger partial charge in [0.15, 0.2) is 11.0 Å². The van der Waals surface area contributed by atoms with Crippen molar-refractivity contribution in [2.24, 2.45) is 0 Å². The van der Waals surface area contributed by atoms with Gasteiger partial charge in [0.05, 0.1) is 11.3 Å². The van der Waals surface area contributed by atoms with Crippen molar-refractivity contribution in [1.82, 2.24) is 15.3 Å². The van der Waals surface area contributed by atoms with Crippen molar-refractivity contribution in [1.29, 1.82) is 0 Å². The van der Waals surface area contributed by atoms with Crippen LogP contribution in [-0.4, -0.2) is 21.8 Å². The van der Waals surface area contributed by atoms with Crippen LogP contribution in [0.3, 0.4) is 0 Å². The summed E-state index contributed by atoms with van der Waals surface area (Å²) in [6.45, 7) is 5.78. The summed E-state index contributed by atoms with van der Waals surface area (Å²) in [7, 11) is 0. The minimum absolute atomic E-state index is 0.0134. The van der Waals surface area contributed by atoms with Gasteiger partial charge in [-0.05, 0) is 36.1 Å². The molecule has 7 heteroatoms. The van der Waals surface area contributed by atoms with E-state index in [1.54, 1.807) is 12.3 Å². The molecule has 0 aromatic carbocycles. The summed E-state index contributed by atoms with van der Waals surface area (Å²) >= 11 is 5.79. The first-order valence-electron chi connectivity index (χ1n) is 7.47. The number of imide groups is 1. The Kier molecular flexibility index (Phi) is 4.09. The number of fused-ring (bicyclic) bond motifs is 1. The van der Waals surface area contributed by atoms with Gasteiger partial charge in [-0.1, -0.05) is 25.4 Å². The predicted octanol–water partition coefficient (Wildman–Crippen LogP) is 3.10. The zero-order valence-electron chi connectivity index (χ0n) is 13.4. The van der Waals surface area contributed by atoms with E-state index in [-0.39, 0.29) is 22.3 Å². The molecule has 1 aliphatic heterocycles. The van der Waals surface area contributed by atoms with Gasteiger partial charge in [0.1, 0.15) is 5.92 Å². The number of nitrogens with one attached hydrogen (secondary N) is 1. The largest absolute Gasteiger partial charge is 0.291 e. The highest BCUT2D eigenvalue weighted by Gasteiger charge is 2.38. The Balaban J connectivity index is 2.31. The number of nitrogens with zero attached hydrogens (tertiary/aromatic N) is 2. The van der Waals surface area contributed by atoms with Crippen molar-refractivity contribution < 1.29 is 14.0 Å². The Morgan fingerprint density at radius 1 is 1.33 bits per heavy atom. The highest BCUT2D eigenvalue weighted by atomic mass is 35.5. The Morgan fingerprint density at radius 2 is 2.04 bits per heavy atom. The molecule has 0 aliphatic carbocycles. The second-order valence-electron chi connectivity index (χ2n) is 6.03. The Morgan fingerprint density at radius 3 is 2.71 bits per heavy atom. The number of aromatic nitrogens is 2. The van der Waals surface area contributed by atoms with E-state index in [1.807, 2.05) is 20.8 Å². The quantitative estimate of drug-likeness (QED) is 0.669. The molecule has 1 aliphatic rings. The third-order valence-electron chi connectivity index (χ3n) is 4.05. The molecule has 124 valence electrons. The van der Waals surface area contributed by atoms with Crippen LogP contribution in [0.2, 0.25) is 5.15 Å². The first-order chi connectivity index (χ1) is 11.3. The van der Waals surface area contributed by atoms with Crippen molar-refractivity contribution in [3.05, 3.63) is 57.4 Å². The number of pyridine rings is 2. The Labute approximate surface area is 143 Å². The number of hydrogen-bond acceptors (Lipinski definition) is 4. The third-order valence-corrected chi connectivity index (χ3v) is 4.32. The van der Waals surface area contributed by atoms with E-state index in [0.717, 1.165) is 17.3 Å². The molecule has 0 saturated carbocycles. The van der Waals surface area contributed by atoms with Gasteiger partial charge in [0, 0.05) is 11.9 Å². The van der Waals surface area contributed by atoms with Crippen LogP contribution in [0.25, 0.3) is 0 Å². The van der Waals surface area contributed by atoms with E-state index in [1.165, 1.54) is 0 Å². The SMILES string of the molecule is Cc1ccnc(C(C)C)c1C1C(=O)NC(=O)c2cc(F)c(Cl)nc21. The number of amides is 2. The normalized spacial score (nSPS) is 17.0. The smallest absolute Gasteiger partial charge is 0.259 e. The van der Waals surface area contributed by atoms with Gasteiger partial charge in [-0.15, -0.1) is 0 Å². The molecule has 1 N–H and O–H groups in total. The maximum absolute atomic E-state index is 13.7. The zero-order chi connectivity index (χ0) is 17.6. The third kappa shape index (κ3) is 2.57. The minimum atomic E-state index is -0.859. The van der Waals surface area contributed by atoms with Crippen LogP contribution in [0.5, 0.6) is 0 Å². The van der Waals surface area contributed by atoms with Crippen LogP contribution < -0.4 is 5.32 Å². The lowest BCUT2D eigenvalue weighted by atomic mass is 9.83. The summed E-state index contributed by atoms with van der Waals surface area (Å²) in [6, 6.07) is 2.80. The zero-order valence-corrected chi connectivity index (χ0v) is 14.1. The molecule has 0 fully saturated rings. The molecule has 0 radical (unpaired) electrons. The van der Waals surface area contributed by atoms with E-state index >= 15 is 0 Å². The van der Waals surface area contributed by atoms with Crippen LogP contribution in [0.15, 0.2) is 18.3 Å². The van der Waals surface area contributed by atoms with E-state index in [4.69, 9.17) is 11.6 Å². The molecular weight excluding hydrogens is 333 g/mol. The molecule has 1 unspecified atom stereocenters. The first kappa shape index (κ1) is 16.5. The molecule has 1 atom stereocenters. The lowest BCUT2D eigenvalue weighted by molar-refractivity contribution is -0.121. The first-order valence-corrected chi connectivity index (χ1v) is 7.85. The highest BCUT2D eigenvalue weighted by Crippen LogP contribution is 2.36. The molecule has 2 aromatic heterocycles. The number of carbonyl (C=O) groups excluding carboxylic acids is 2. The van der Waals surface area contributed by atoms with Crippen molar-refractivity contribution in [2.75, 3.05) is 0 Å². The molecule has 0 bridgehead atoms. The lowest BCUT2D eigenvalue weighted by Crippen LogP contribution is -2.42. The van der Waals surface area contributed by atoms with Crippen molar-refractivity contribution in [3.8, 4) is 0 Å². The van der Waals surface area contributed by atoms with Crippen LogP contribution >= 0.6 is 11.6 Å². The molecule has 2 aromatic rings. The van der Waals surface area contributed by atoms with Crippen LogP contribution in [0.1, 0.15) is 58.6 Å². The van der Waals surface area contributed by atoms with Crippen LogP contribution in [0.4, 0.5) is 4.39 Å². The van der Waals surface area contributed by atoms with Crippen LogP contribution in [-0.2, 0) is 4.79 Å². The molecule has 2 amide bonds. The number of halogens is 2. The summed E-state index contributed by atoms with van der Waals surface area (Å²) in [4.78, 5) is 33.0. The van der Waals surface area contributed by atoms with Gasteiger partial charge in [-0.2, -0.15) is 0 Å². The molecule has 0 spiro atoms. The number of aryl methyl sites for hydroxylation is 1. The van der Waals surface area contributed by atoms with E-state index in [9.17, 15) is 14.0 Å². The fourth-order valence-electron chi connectivity index (χ4n) is 2.95. The topological polar surface area (TPSA) is 72.0 Å². The Hall–Kier alpha value is -2.34. The molecule has 5 nitrogen and oxygen atoms in total. The number of rotatable bonds is 2. The average molecular weight is 348 g/mol. The van der Waals surface area contributed by atoms with Crippen molar-refractivity contribution in [2.45, 2.75) is 32.6 Å². The van der Waals surface area contributed by atoms with Gasteiger partial charge in [-0.3, -0.25) is 19.9 Å². The van der Waals surface area contributed by atoms with Gasteiger partial charge in [0.2, 0.25) is 5.91 Å². The fraction of sp³-hybridized carbons (Fsp3) is 0.294. The molecule has 3 heterocycles. The Bertz CT molecular complexity index is 867. The standard InChI is InChI=1S/C17H15ClFN3O2/c1-7(2)13-11(8(3)4-5-20-13)12-14-9(16(23)22-17(12)24)6-10(19)15(18)21-14/h4-7,12H,1-3H3,(H,22,23,24). The average Bonchev–Trinajstić information content (AvgIpc) is 2.50.